The fourth-order valence-electron chi connectivity index (χ4n) is 3.12. The molecular weight excluding hydrogens is 443 g/mol. The number of rotatable bonds is 8. The highest BCUT2D eigenvalue weighted by molar-refractivity contribution is 6.31. The lowest BCUT2D eigenvalue weighted by Gasteiger charge is -2.19. The molecular formula is C22H22ClFN2O6. The van der Waals surface area contributed by atoms with Crippen molar-refractivity contribution in [1.82, 2.24) is 9.88 Å². The minimum absolute atomic E-state index is 0.0130. The number of hydrogen-bond donors (Lipinski definition) is 1. The maximum absolute atomic E-state index is 14.3. The first-order valence-electron chi connectivity index (χ1n) is 9.72. The van der Waals surface area contributed by atoms with Crippen molar-refractivity contribution in [3.05, 3.63) is 70.2 Å². The Morgan fingerprint density at radius 3 is 2.84 bits per heavy atom. The standard InChI is InChI=1S/C22H22ClFN2O6/c1-13-19(25-21(32-13)14-3-5-16(23)6-4-14)12-31-17-7-8-18(24)15(9-17)10-26(11-20(27)28)22(29)30-2/h3,5-9,14H,4,10-12H2,1-2H3,(H,27,28). The van der Waals surface area contributed by atoms with E-state index in [4.69, 9.17) is 25.9 Å². The Balaban J connectivity index is 1.69. The summed E-state index contributed by atoms with van der Waals surface area (Å²) in [5.74, 6) is -0.369. The van der Waals surface area contributed by atoms with Crippen LogP contribution in [0.15, 0.2) is 45.9 Å². The molecule has 1 aliphatic rings. The molecule has 0 saturated carbocycles. The van der Waals surface area contributed by atoms with E-state index in [-0.39, 0.29) is 24.6 Å². The van der Waals surface area contributed by atoms with Gasteiger partial charge in [-0.05, 0) is 37.6 Å². The second-order valence-electron chi connectivity index (χ2n) is 7.11. The fourth-order valence-corrected chi connectivity index (χ4v) is 3.28. The van der Waals surface area contributed by atoms with Gasteiger partial charge in [0, 0.05) is 10.6 Å². The predicted molar refractivity (Wildman–Crippen MR) is 113 cm³/mol. The zero-order chi connectivity index (χ0) is 23.3. The third-order valence-corrected chi connectivity index (χ3v) is 5.07. The molecule has 1 N–H and O–H groups in total. The van der Waals surface area contributed by atoms with Gasteiger partial charge in [-0.2, -0.15) is 0 Å². The van der Waals surface area contributed by atoms with Gasteiger partial charge in [-0.3, -0.25) is 9.69 Å². The van der Waals surface area contributed by atoms with E-state index in [1.807, 2.05) is 12.2 Å². The number of carbonyl (C=O) groups is 2. The maximum Gasteiger partial charge on any atom is 0.410 e. The summed E-state index contributed by atoms with van der Waals surface area (Å²) in [6.45, 7) is 0.942. The van der Waals surface area contributed by atoms with E-state index in [1.165, 1.54) is 18.2 Å². The monoisotopic (exact) mass is 464 g/mol. The summed E-state index contributed by atoms with van der Waals surface area (Å²) in [6, 6.07) is 4.02. The average molecular weight is 465 g/mol. The molecule has 3 rings (SSSR count). The number of ether oxygens (including phenoxy) is 2. The predicted octanol–water partition coefficient (Wildman–Crippen LogP) is 4.52. The molecule has 2 aromatic rings. The third-order valence-electron chi connectivity index (χ3n) is 4.79. The number of benzene rings is 1. The van der Waals surface area contributed by atoms with Crippen molar-refractivity contribution in [2.24, 2.45) is 0 Å². The number of methoxy groups -OCH3 is 1. The Morgan fingerprint density at radius 1 is 1.41 bits per heavy atom. The zero-order valence-corrected chi connectivity index (χ0v) is 18.3. The van der Waals surface area contributed by atoms with Crippen LogP contribution in [-0.2, 0) is 22.7 Å². The summed E-state index contributed by atoms with van der Waals surface area (Å²) in [5.41, 5.74) is 0.685. The fraction of sp³-hybridized carbons (Fsp3) is 0.318. The van der Waals surface area contributed by atoms with Crippen LogP contribution < -0.4 is 4.74 Å². The van der Waals surface area contributed by atoms with E-state index in [9.17, 15) is 14.0 Å². The van der Waals surface area contributed by atoms with Crippen LogP contribution in [0, 0.1) is 12.7 Å². The van der Waals surface area contributed by atoms with Crippen molar-refractivity contribution in [3.63, 3.8) is 0 Å². The van der Waals surface area contributed by atoms with Crippen LogP contribution in [0.3, 0.4) is 0 Å². The van der Waals surface area contributed by atoms with Crippen molar-refractivity contribution < 1.29 is 33.0 Å². The van der Waals surface area contributed by atoms with Crippen LogP contribution in [-0.4, -0.2) is 40.7 Å². The molecule has 10 heteroatoms. The van der Waals surface area contributed by atoms with Gasteiger partial charge < -0.3 is 19.0 Å². The molecule has 1 aromatic heterocycles. The van der Waals surface area contributed by atoms with E-state index < -0.39 is 24.4 Å². The molecule has 1 aromatic carbocycles. The number of nitrogens with zero attached hydrogens (tertiary/aromatic N) is 2. The first-order valence-corrected chi connectivity index (χ1v) is 10.1. The molecule has 1 atom stereocenters. The highest BCUT2D eigenvalue weighted by atomic mass is 35.5. The van der Waals surface area contributed by atoms with Gasteiger partial charge in [0.2, 0.25) is 5.89 Å². The first kappa shape index (κ1) is 23.3. The summed E-state index contributed by atoms with van der Waals surface area (Å²) < 4.78 is 30.3. The molecule has 0 fully saturated rings. The SMILES string of the molecule is COC(=O)N(CC(=O)O)Cc1cc(OCc2nc(C3C=CC(Cl)=CC3)oc2C)ccc1F. The van der Waals surface area contributed by atoms with Gasteiger partial charge in [0.25, 0.3) is 0 Å². The van der Waals surface area contributed by atoms with Crippen molar-refractivity contribution >= 4 is 23.7 Å². The number of aromatic nitrogens is 1. The minimum atomic E-state index is -1.24. The number of aliphatic carboxylic acids is 1. The Hall–Kier alpha value is -3.33. The van der Waals surface area contributed by atoms with E-state index in [2.05, 4.69) is 9.72 Å². The number of amides is 1. The topological polar surface area (TPSA) is 102 Å². The van der Waals surface area contributed by atoms with E-state index in [0.29, 0.717) is 34.5 Å². The zero-order valence-electron chi connectivity index (χ0n) is 17.5. The number of carboxylic acid groups (broad SMARTS) is 1. The lowest BCUT2D eigenvalue weighted by molar-refractivity contribution is -0.138. The Kier molecular flexibility index (Phi) is 7.53. The summed E-state index contributed by atoms with van der Waals surface area (Å²) in [5, 5.41) is 9.65. The Morgan fingerprint density at radius 2 is 2.19 bits per heavy atom. The molecule has 1 heterocycles. The smallest absolute Gasteiger partial charge is 0.410 e. The van der Waals surface area contributed by atoms with E-state index >= 15 is 0 Å². The molecule has 32 heavy (non-hydrogen) atoms. The van der Waals surface area contributed by atoms with Crippen LogP contribution in [0.25, 0.3) is 0 Å². The number of allylic oxidation sites excluding steroid dienone is 4. The third kappa shape index (κ3) is 5.88. The van der Waals surface area contributed by atoms with Gasteiger partial charge in [0.15, 0.2) is 0 Å². The van der Waals surface area contributed by atoms with Crippen LogP contribution >= 0.6 is 11.6 Å². The summed E-state index contributed by atoms with van der Waals surface area (Å²) in [6.07, 6.45) is 5.42. The van der Waals surface area contributed by atoms with Crippen LogP contribution in [0.1, 0.15) is 35.2 Å². The number of carbonyl (C=O) groups excluding carboxylic acids is 1. The van der Waals surface area contributed by atoms with Gasteiger partial charge >= 0.3 is 12.1 Å². The van der Waals surface area contributed by atoms with Crippen molar-refractivity contribution in [2.75, 3.05) is 13.7 Å². The van der Waals surface area contributed by atoms with Crippen LogP contribution in [0.2, 0.25) is 0 Å². The lowest BCUT2D eigenvalue weighted by atomic mass is 10.0. The molecule has 1 amide bonds. The molecule has 1 unspecified atom stereocenters. The largest absolute Gasteiger partial charge is 0.487 e. The quantitative estimate of drug-likeness (QED) is 0.612. The summed E-state index contributed by atoms with van der Waals surface area (Å²) in [4.78, 5) is 28.2. The van der Waals surface area contributed by atoms with E-state index in [0.717, 1.165) is 12.0 Å². The Labute approximate surface area is 188 Å². The second kappa shape index (κ2) is 10.3. The van der Waals surface area contributed by atoms with Crippen LogP contribution in [0.5, 0.6) is 5.75 Å². The minimum Gasteiger partial charge on any atom is -0.487 e. The molecule has 170 valence electrons. The number of oxazole rings is 1. The van der Waals surface area contributed by atoms with Crippen LogP contribution in [0.4, 0.5) is 9.18 Å². The molecule has 0 bridgehead atoms. The maximum atomic E-state index is 14.3. The van der Waals surface area contributed by atoms with Crippen molar-refractivity contribution in [3.8, 4) is 5.75 Å². The highest BCUT2D eigenvalue weighted by Crippen LogP contribution is 2.29. The van der Waals surface area contributed by atoms with Crippen molar-refractivity contribution in [1.29, 1.82) is 0 Å². The molecule has 0 spiro atoms. The molecule has 0 saturated heterocycles. The summed E-state index contributed by atoms with van der Waals surface area (Å²) in [7, 11) is 1.12. The van der Waals surface area contributed by atoms with Gasteiger partial charge in [-0.25, -0.2) is 14.2 Å². The molecule has 8 nitrogen and oxygen atoms in total. The second-order valence-corrected chi connectivity index (χ2v) is 7.54. The number of hydrogen-bond acceptors (Lipinski definition) is 6. The van der Waals surface area contributed by atoms with E-state index in [1.54, 1.807) is 13.0 Å². The average Bonchev–Trinajstić information content (AvgIpc) is 3.13. The highest BCUT2D eigenvalue weighted by Gasteiger charge is 2.21. The van der Waals surface area contributed by atoms with Crippen molar-refractivity contribution in [2.45, 2.75) is 32.4 Å². The first-order chi connectivity index (χ1) is 15.3. The van der Waals surface area contributed by atoms with Gasteiger partial charge in [-0.1, -0.05) is 23.8 Å². The number of carboxylic acids is 1. The normalized spacial score (nSPS) is 15.2. The number of halogens is 2. The van der Waals surface area contributed by atoms with Gasteiger partial charge in [-0.15, -0.1) is 0 Å². The van der Waals surface area contributed by atoms with Gasteiger partial charge in [0.05, 0.1) is 19.6 Å². The summed E-state index contributed by atoms with van der Waals surface area (Å²) >= 11 is 5.95. The molecule has 1 aliphatic carbocycles. The molecule has 0 radical (unpaired) electrons. The lowest BCUT2D eigenvalue weighted by Crippen LogP contribution is -2.35. The molecule has 0 aliphatic heterocycles. The van der Waals surface area contributed by atoms with Gasteiger partial charge in [0.1, 0.15) is 36.2 Å². The Bertz CT molecular complexity index is 1060. The number of aryl methyl sites for hydroxylation is 1.